The molecule has 27 heavy (non-hydrogen) atoms. The lowest BCUT2D eigenvalue weighted by atomic mass is 10.1. The lowest BCUT2D eigenvalue weighted by Crippen LogP contribution is -2.16. The number of hydrogen-bond acceptors (Lipinski definition) is 5. The van der Waals surface area contributed by atoms with E-state index in [1.54, 1.807) is 36.4 Å². The Bertz CT molecular complexity index is 1120. The number of nitrogens with one attached hydrogen (secondary N) is 2. The van der Waals surface area contributed by atoms with Crippen molar-refractivity contribution in [1.82, 2.24) is 9.97 Å². The summed E-state index contributed by atoms with van der Waals surface area (Å²) in [6, 6.07) is 12.1. The van der Waals surface area contributed by atoms with Crippen LogP contribution in [0.25, 0.3) is 11.3 Å². The van der Waals surface area contributed by atoms with Crippen LogP contribution in [0, 0.1) is 28.8 Å². The van der Waals surface area contributed by atoms with E-state index in [2.05, 4.69) is 20.5 Å². The number of nitriles is 1. The van der Waals surface area contributed by atoms with E-state index in [4.69, 9.17) is 0 Å². The molecule has 0 unspecified atom stereocenters. The fourth-order valence-corrected chi connectivity index (χ4v) is 2.24. The van der Waals surface area contributed by atoms with Gasteiger partial charge in [0.1, 0.15) is 11.6 Å². The minimum absolute atomic E-state index is 0.114. The Hall–Kier alpha value is -3.93. The third kappa shape index (κ3) is 3.69. The molecule has 0 saturated heterocycles. The Morgan fingerprint density at radius 1 is 1.11 bits per heavy atom. The zero-order valence-electron chi connectivity index (χ0n) is 13.5. The second kappa shape index (κ2) is 7.53. The van der Waals surface area contributed by atoms with Crippen LogP contribution in [0.4, 0.5) is 19.1 Å². The van der Waals surface area contributed by atoms with Gasteiger partial charge in [-0.15, -0.1) is 0 Å². The van der Waals surface area contributed by atoms with Crippen molar-refractivity contribution in [2.24, 2.45) is 5.10 Å². The number of hydrazone groups is 1. The van der Waals surface area contributed by atoms with E-state index >= 15 is 0 Å². The first-order valence-corrected chi connectivity index (χ1v) is 7.53. The average Bonchev–Trinajstić information content (AvgIpc) is 2.68. The lowest BCUT2D eigenvalue weighted by Gasteiger charge is -2.06. The summed E-state index contributed by atoms with van der Waals surface area (Å²) in [5.41, 5.74) is 1.87. The molecule has 134 valence electrons. The normalized spacial score (nSPS) is 10.7. The predicted octanol–water partition coefficient (Wildman–Crippen LogP) is 3.17. The standard InChI is InChI=1S/C18H10F3N5O/c19-13-7-6-11(14(20)15(13)21)9-23-26-18-24-16(10-4-2-1-3-5-10)12(8-22)17(27)25-18/h1-7,9H,(H2,24,25,26,27). The molecular formula is C18H10F3N5O. The molecule has 0 radical (unpaired) electrons. The van der Waals surface area contributed by atoms with Gasteiger partial charge in [0, 0.05) is 11.1 Å². The maximum absolute atomic E-state index is 13.6. The molecule has 0 aliphatic heterocycles. The molecule has 0 spiro atoms. The average molecular weight is 369 g/mol. The lowest BCUT2D eigenvalue weighted by molar-refractivity contribution is 0.446. The molecule has 1 heterocycles. The minimum atomic E-state index is -1.62. The van der Waals surface area contributed by atoms with E-state index in [1.165, 1.54) is 0 Å². The number of H-pyrrole nitrogens is 1. The third-order valence-corrected chi connectivity index (χ3v) is 3.52. The molecule has 6 nitrogen and oxygen atoms in total. The molecule has 0 bridgehead atoms. The van der Waals surface area contributed by atoms with Crippen LogP contribution in [0.15, 0.2) is 52.4 Å². The SMILES string of the molecule is N#Cc1c(-c2ccccc2)nc(NN=Cc2ccc(F)c(F)c2F)[nH]c1=O. The Kier molecular flexibility index (Phi) is 4.99. The maximum Gasteiger partial charge on any atom is 0.270 e. The molecule has 0 aliphatic carbocycles. The highest BCUT2D eigenvalue weighted by Gasteiger charge is 2.14. The van der Waals surface area contributed by atoms with E-state index in [9.17, 15) is 23.2 Å². The van der Waals surface area contributed by atoms with Gasteiger partial charge in [-0.05, 0) is 12.1 Å². The van der Waals surface area contributed by atoms with Crippen LogP contribution < -0.4 is 11.0 Å². The van der Waals surface area contributed by atoms with Crippen LogP contribution in [0.2, 0.25) is 0 Å². The van der Waals surface area contributed by atoms with Gasteiger partial charge in [0.15, 0.2) is 17.5 Å². The number of nitrogens with zero attached hydrogens (tertiary/aromatic N) is 3. The maximum atomic E-state index is 13.6. The largest absolute Gasteiger partial charge is 0.290 e. The second-order valence-electron chi connectivity index (χ2n) is 5.25. The number of anilines is 1. The highest BCUT2D eigenvalue weighted by Crippen LogP contribution is 2.19. The van der Waals surface area contributed by atoms with Crippen molar-refractivity contribution >= 4 is 12.2 Å². The van der Waals surface area contributed by atoms with Crippen LogP contribution in [-0.4, -0.2) is 16.2 Å². The molecule has 0 amide bonds. The Morgan fingerprint density at radius 3 is 2.56 bits per heavy atom. The van der Waals surface area contributed by atoms with Crippen LogP contribution in [-0.2, 0) is 0 Å². The summed E-state index contributed by atoms with van der Waals surface area (Å²) < 4.78 is 39.7. The molecule has 3 aromatic rings. The van der Waals surface area contributed by atoms with Crippen LogP contribution >= 0.6 is 0 Å². The van der Waals surface area contributed by atoms with Crippen molar-refractivity contribution in [2.75, 3.05) is 5.43 Å². The molecule has 2 N–H and O–H groups in total. The molecule has 9 heteroatoms. The summed E-state index contributed by atoms with van der Waals surface area (Å²) >= 11 is 0. The van der Waals surface area contributed by atoms with Gasteiger partial charge in [0.05, 0.1) is 11.9 Å². The number of rotatable bonds is 4. The van der Waals surface area contributed by atoms with Crippen molar-refractivity contribution in [2.45, 2.75) is 0 Å². The first kappa shape index (κ1) is 17.9. The summed E-state index contributed by atoms with van der Waals surface area (Å²) in [6.07, 6.45) is 0.901. The second-order valence-corrected chi connectivity index (χ2v) is 5.25. The quantitative estimate of drug-likeness (QED) is 0.420. The zero-order valence-corrected chi connectivity index (χ0v) is 13.5. The van der Waals surface area contributed by atoms with Crippen molar-refractivity contribution in [1.29, 1.82) is 5.26 Å². The van der Waals surface area contributed by atoms with Gasteiger partial charge >= 0.3 is 0 Å². The first-order chi connectivity index (χ1) is 13.0. The molecule has 3 rings (SSSR count). The summed E-state index contributed by atoms with van der Waals surface area (Å²) in [6.45, 7) is 0. The molecule has 0 aliphatic rings. The van der Waals surface area contributed by atoms with Crippen LogP contribution in [0.5, 0.6) is 0 Å². The van der Waals surface area contributed by atoms with E-state index in [1.807, 2.05) is 0 Å². The van der Waals surface area contributed by atoms with E-state index < -0.39 is 23.0 Å². The fourth-order valence-electron chi connectivity index (χ4n) is 2.24. The predicted molar refractivity (Wildman–Crippen MR) is 92.5 cm³/mol. The molecule has 0 fully saturated rings. The first-order valence-electron chi connectivity index (χ1n) is 7.53. The van der Waals surface area contributed by atoms with Gasteiger partial charge in [-0.25, -0.2) is 23.6 Å². The number of benzene rings is 2. The number of hydrogen-bond donors (Lipinski definition) is 2. The van der Waals surface area contributed by atoms with E-state index in [-0.39, 0.29) is 22.8 Å². The van der Waals surface area contributed by atoms with Gasteiger partial charge in [-0.2, -0.15) is 10.4 Å². The monoisotopic (exact) mass is 369 g/mol. The third-order valence-electron chi connectivity index (χ3n) is 3.52. The van der Waals surface area contributed by atoms with Gasteiger partial charge < -0.3 is 0 Å². The number of halogens is 3. The van der Waals surface area contributed by atoms with Crippen molar-refractivity contribution < 1.29 is 13.2 Å². The summed E-state index contributed by atoms with van der Waals surface area (Å²) in [5.74, 6) is -4.44. The zero-order chi connectivity index (χ0) is 19.4. The highest BCUT2D eigenvalue weighted by atomic mass is 19.2. The Balaban J connectivity index is 1.93. The van der Waals surface area contributed by atoms with Crippen molar-refractivity contribution in [3.05, 3.63) is 81.4 Å². The van der Waals surface area contributed by atoms with Crippen molar-refractivity contribution in [3.8, 4) is 17.3 Å². The molecular weight excluding hydrogens is 359 g/mol. The van der Waals surface area contributed by atoms with Gasteiger partial charge in [0.2, 0.25) is 5.95 Å². The smallest absolute Gasteiger partial charge is 0.270 e. The fraction of sp³-hybridized carbons (Fsp3) is 0. The molecule has 1 aromatic heterocycles. The molecule has 0 saturated carbocycles. The number of aromatic amines is 1. The van der Waals surface area contributed by atoms with Gasteiger partial charge in [-0.1, -0.05) is 30.3 Å². The summed E-state index contributed by atoms with van der Waals surface area (Å²) in [4.78, 5) is 18.5. The van der Waals surface area contributed by atoms with Crippen molar-refractivity contribution in [3.63, 3.8) is 0 Å². The van der Waals surface area contributed by atoms with E-state index in [0.29, 0.717) is 5.56 Å². The van der Waals surface area contributed by atoms with E-state index in [0.717, 1.165) is 18.3 Å². The topological polar surface area (TPSA) is 93.9 Å². The highest BCUT2D eigenvalue weighted by molar-refractivity contribution is 5.80. The van der Waals surface area contributed by atoms with Crippen LogP contribution in [0.1, 0.15) is 11.1 Å². The molecule has 2 aromatic carbocycles. The number of aromatic nitrogens is 2. The summed E-state index contributed by atoms with van der Waals surface area (Å²) in [5, 5.41) is 12.8. The Morgan fingerprint density at radius 2 is 1.85 bits per heavy atom. The van der Waals surface area contributed by atoms with Gasteiger partial charge in [-0.3, -0.25) is 9.78 Å². The van der Waals surface area contributed by atoms with Crippen LogP contribution in [0.3, 0.4) is 0 Å². The Labute approximate surface area is 150 Å². The summed E-state index contributed by atoms with van der Waals surface area (Å²) in [7, 11) is 0. The van der Waals surface area contributed by atoms with Gasteiger partial charge in [0.25, 0.3) is 5.56 Å². The minimum Gasteiger partial charge on any atom is -0.290 e. The molecule has 0 atom stereocenters.